The van der Waals surface area contributed by atoms with Crippen LogP contribution in [-0.4, -0.2) is 73.0 Å². The van der Waals surface area contributed by atoms with Gasteiger partial charge in [0.15, 0.2) is 0 Å². The standard InChI is InChI=1S/C25H30N4O3/c1-18-8-9-20(17-19(18)2)22-23(25(31)29(24(22)30)11-6-16-32-3)28-14-12-27(13-15-28)21-7-4-5-10-26-21/h4-5,7-10,17H,6,11-16H2,1-3H3. The largest absolute Gasteiger partial charge is 0.385 e. The zero-order valence-corrected chi connectivity index (χ0v) is 19.0. The van der Waals surface area contributed by atoms with Crippen molar-refractivity contribution in [3.05, 3.63) is 65.0 Å². The number of rotatable bonds is 7. The fourth-order valence-electron chi connectivity index (χ4n) is 4.28. The minimum absolute atomic E-state index is 0.203. The van der Waals surface area contributed by atoms with Gasteiger partial charge in [-0.05, 0) is 49.1 Å². The zero-order valence-electron chi connectivity index (χ0n) is 19.0. The van der Waals surface area contributed by atoms with Crippen LogP contribution >= 0.6 is 0 Å². The second-order valence-corrected chi connectivity index (χ2v) is 8.29. The average molecular weight is 435 g/mol. The summed E-state index contributed by atoms with van der Waals surface area (Å²) < 4.78 is 5.12. The molecule has 1 fully saturated rings. The number of methoxy groups -OCH3 is 1. The number of anilines is 1. The highest BCUT2D eigenvalue weighted by Crippen LogP contribution is 2.33. The quantitative estimate of drug-likeness (QED) is 0.493. The van der Waals surface area contributed by atoms with E-state index in [1.165, 1.54) is 4.90 Å². The van der Waals surface area contributed by atoms with E-state index in [1.807, 2.05) is 50.2 Å². The van der Waals surface area contributed by atoms with E-state index in [4.69, 9.17) is 4.74 Å². The Morgan fingerprint density at radius 1 is 0.938 bits per heavy atom. The lowest BCUT2D eigenvalue weighted by Gasteiger charge is -2.37. The van der Waals surface area contributed by atoms with Crippen LogP contribution in [0.25, 0.3) is 5.57 Å². The molecular weight excluding hydrogens is 404 g/mol. The molecule has 3 heterocycles. The number of carbonyl (C=O) groups excluding carboxylic acids is 2. The topological polar surface area (TPSA) is 66.0 Å². The third kappa shape index (κ3) is 4.25. The molecule has 168 valence electrons. The van der Waals surface area contributed by atoms with Gasteiger partial charge in [-0.25, -0.2) is 4.98 Å². The molecule has 0 aliphatic carbocycles. The Labute approximate surface area is 189 Å². The van der Waals surface area contributed by atoms with Gasteiger partial charge in [0.1, 0.15) is 11.5 Å². The molecule has 0 atom stereocenters. The highest BCUT2D eigenvalue weighted by atomic mass is 16.5. The molecule has 32 heavy (non-hydrogen) atoms. The van der Waals surface area contributed by atoms with Crippen LogP contribution in [0.5, 0.6) is 0 Å². The van der Waals surface area contributed by atoms with Crippen molar-refractivity contribution in [3.63, 3.8) is 0 Å². The first-order chi connectivity index (χ1) is 15.5. The Morgan fingerprint density at radius 3 is 2.34 bits per heavy atom. The fourth-order valence-corrected chi connectivity index (χ4v) is 4.28. The van der Waals surface area contributed by atoms with Crippen LogP contribution in [0, 0.1) is 13.8 Å². The highest BCUT2D eigenvalue weighted by molar-refractivity contribution is 6.35. The van der Waals surface area contributed by atoms with Crippen LogP contribution in [0.15, 0.2) is 48.3 Å². The minimum Gasteiger partial charge on any atom is -0.385 e. The molecule has 2 aliphatic heterocycles. The van der Waals surface area contributed by atoms with E-state index >= 15 is 0 Å². The summed E-state index contributed by atoms with van der Waals surface area (Å²) in [7, 11) is 1.62. The van der Waals surface area contributed by atoms with Crippen LogP contribution in [0.2, 0.25) is 0 Å². The maximum absolute atomic E-state index is 13.4. The summed E-state index contributed by atoms with van der Waals surface area (Å²) >= 11 is 0. The molecule has 0 spiro atoms. The van der Waals surface area contributed by atoms with Gasteiger partial charge in [0.25, 0.3) is 11.8 Å². The van der Waals surface area contributed by atoms with Gasteiger partial charge in [-0.15, -0.1) is 0 Å². The molecule has 0 bridgehead atoms. The van der Waals surface area contributed by atoms with Gasteiger partial charge in [0.05, 0.1) is 5.57 Å². The number of piperazine rings is 1. The van der Waals surface area contributed by atoms with E-state index in [9.17, 15) is 9.59 Å². The predicted molar refractivity (Wildman–Crippen MR) is 124 cm³/mol. The molecule has 7 nitrogen and oxygen atoms in total. The Bertz CT molecular complexity index is 1030. The first-order valence-corrected chi connectivity index (χ1v) is 11.1. The average Bonchev–Trinajstić information content (AvgIpc) is 3.06. The number of aromatic nitrogens is 1. The molecule has 0 N–H and O–H groups in total. The number of ether oxygens (including phenoxy) is 1. The summed E-state index contributed by atoms with van der Waals surface area (Å²) in [6.07, 6.45) is 2.41. The smallest absolute Gasteiger partial charge is 0.277 e. The fraction of sp³-hybridized carbons (Fsp3) is 0.400. The lowest BCUT2D eigenvalue weighted by atomic mass is 9.99. The summed E-state index contributed by atoms with van der Waals surface area (Å²) in [6, 6.07) is 11.9. The molecule has 0 unspecified atom stereocenters. The number of aryl methyl sites for hydroxylation is 2. The van der Waals surface area contributed by atoms with Crippen LogP contribution in [0.4, 0.5) is 5.82 Å². The molecule has 4 rings (SSSR count). The van der Waals surface area contributed by atoms with Crippen molar-refractivity contribution in [1.82, 2.24) is 14.8 Å². The second-order valence-electron chi connectivity index (χ2n) is 8.29. The van der Waals surface area contributed by atoms with Crippen molar-refractivity contribution >= 4 is 23.2 Å². The number of carbonyl (C=O) groups is 2. The van der Waals surface area contributed by atoms with E-state index < -0.39 is 0 Å². The van der Waals surface area contributed by atoms with Crippen molar-refractivity contribution in [2.75, 3.05) is 51.3 Å². The molecule has 1 saturated heterocycles. The molecule has 2 aliphatic rings. The molecule has 2 amide bonds. The third-order valence-corrected chi connectivity index (χ3v) is 6.24. The summed E-state index contributed by atoms with van der Waals surface area (Å²) in [4.78, 5) is 36.9. The maximum Gasteiger partial charge on any atom is 0.277 e. The molecule has 7 heteroatoms. The zero-order chi connectivity index (χ0) is 22.7. The van der Waals surface area contributed by atoms with Crippen molar-refractivity contribution < 1.29 is 14.3 Å². The molecule has 1 aromatic carbocycles. The van der Waals surface area contributed by atoms with Gasteiger partial charge in [-0.2, -0.15) is 0 Å². The van der Waals surface area contributed by atoms with Crippen LogP contribution in [0.1, 0.15) is 23.1 Å². The van der Waals surface area contributed by atoms with Crippen LogP contribution in [-0.2, 0) is 14.3 Å². The second kappa shape index (κ2) is 9.53. The molecular formula is C25H30N4O3. The third-order valence-electron chi connectivity index (χ3n) is 6.24. The van der Waals surface area contributed by atoms with Gasteiger partial charge >= 0.3 is 0 Å². The number of amides is 2. The summed E-state index contributed by atoms with van der Waals surface area (Å²) in [6.45, 7) is 7.74. The maximum atomic E-state index is 13.4. The molecule has 1 aromatic heterocycles. The molecule has 2 aromatic rings. The first-order valence-electron chi connectivity index (χ1n) is 11.1. The van der Waals surface area contributed by atoms with E-state index in [-0.39, 0.29) is 11.8 Å². The van der Waals surface area contributed by atoms with Gasteiger partial charge in [0, 0.05) is 52.6 Å². The minimum atomic E-state index is -0.212. The van der Waals surface area contributed by atoms with Crippen molar-refractivity contribution in [1.29, 1.82) is 0 Å². The van der Waals surface area contributed by atoms with Gasteiger partial charge in [0.2, 0.25) is 0 Å². The Balaban J connectivity index is 1.63. The molecule has 0 saturated carbocycles. The monoisotopic (exact) mass is 434 g/mol. The number of hydrogen-bond acceptors (Lipinski definition) is 6. The predicted octanol–water partition coefficient (Wildman–Crippen LogP) is 2.64. The van der Waals surface area contributed by atoms with Crippen molar-refractivity contribution in [2.45, 2.75) is 20.3 Å². The first kappa shape index (κ1) is 22.0. The summed E-state index contributed by atoms with van der Waals surface area (Å²) in [5.41, 5.74) is 4.11. The van der Waals surface area contributed by atoms with Gasteiger partial charge in [-0.3, -0.25) is 14.5 Å². The number of hydrogen-bond donors (Lipinski definition) is 0. The summed E-state index contributed by atoms with van der Waals surface area (Å²) in [5.74, 6) is 0.521. The molecule has 0 radical (unpaired) electrons. The van der Waals surface area contributed by atoms with Gasteiger partial charge in [-0.1, -0.05) is 24.3 Å². The van der Waals surface area contributed by atoms with Crippen molar-refractivity contribution in [2.24, 2.45) is 0 Å². The number of imide groups is 1. The number of nitrogens with zero attached hydrogens (tertiary/aromatic N) is 4. The van der Waals surface area contributed by atoms with E-state index in [2.05, 4.69) is 14.8 Å². The SMILES string of the molecule is COCCCN1C(=O)C(c2ccc(C)c(C)c2)=C(N2CCN(c3ccccn3)CC2)C1=O. The Kier molecular flexibility index (Phi) is 6.55. The van der Waals surface area contributed by atoms with Crippen molar-refractivity contribution in [3.8, 4) is 0 Å². The normalized spacial score (nSPS) is 17.0. The Morgan fingerprint density at radius 2 is 1.69 bits per heavy atom. The number of pyridine rings is 1. The highest BCUT2D eigenvalue weighted by Gasteiger charge is 2.42. The Hall–Kier alpha value is -3.19. The number of benzene rings is 1. The summed E-state index contributed by atoms with van der Waals surface area (Å²) in [5, 5.41) is 0. The van der Waals surface area contributed by atoms with E-state index in [0.29, 0.717) is 43.9 Å². The van der Waals surface area contributed by atoms with Crippen LogP contribution < -0.4 is 4.90 Å². The lowest BCUT2D eigenvalue weighted by molar-refractivity contribution is -0.137. The van der Waals surface area contributed by atoms with Gasteiger partial charge < -0.3 is 14.5 Å². The lowest BCUT2D eigenvalue weighted by Crippen LogP contribution is -2.48. The van der Waals surface area contributed by atoms with E-state index in [0.717, 1.165) is 35.6 Å². The van der Waals surface area contributed by atoms with Crippen LogP contribution in [0.3, 0.4) is 0 Å². The van der Waals surface area contributed by atoms with E-state index in [1.54, 1.807) is 13.3 Å².